The Balaban J connectivity index is 1.84. The van der Waals surface area contributed by atoms with Gasteiger partial charge in [-0.15, -0.1) is 0 Å². The lowest BCUT2D eigenvalue weighted by Gasteiger charge is -2.09. The fourth-order valence-corrected chi connectivity index (χ4v) is 1.91. The Morgan fingerprint density at radius 3 is 2.76 bits per heavy atom. The van der Waals surface area contributed by atoms with Crippen LogP contribution >= 0.6 is 0 Å². The van der Waals surface area contributed by atoms with Crippen molar-refractivity contribution >= 4 is 0 Å². The van der Waals surface area contributed by atoms with Crippen molar-refractivity contribution in [3.8, 4) is 0 Å². The molecule has 94 valence electrons. The van der Waals surface area contributed by atoms with Crippen molar-refractivity contribution in [3.63, 3.8) is 0 Å². The molecule has 17 heavy (non-hydrogen) atoms. The highest BCUT2D eigenvalue weighted by atomic mass is 16.5. The molecule has 1 aromatic rings. The monoisotopic (exact) mass is 235 g/mol. The van der Waals surface area contributed by atoms with E-state index in [4.69, 9.17) is 4.74 Å². The van der Waals surface area contributed by atoms with Crippen LogP contribution in [-0.2, 0) is 11.3 Å². The van der Waals surface area contributed by atoms with Gasteiger partial charge in [-0.05, 0) is 25.3 Å². The van der Waals surface area contributed by atoms with Gasteiger partial charge in [0.05, 0.1) is 0 Å². The van der Waals surface area contributed by atoms with E-state index in [2.05, 4.69) is 29.1 Å². The first kappa shape index (κ1) is 12.5. The summed E-state index contributed by atoms with van der Waals surface area (Å²) in [6.07, 6.45) is 6.08. The summed E-state index contributed by atoms with van der Waals surface area (Å²) in [5.41, 5.74) is 1.13. The van der Waals surface area contributed by atoms with Crippen molar-refractivity contribution in [3.05, 3.63) is 23.8 Å². The van der Waals surface area contributed by atoms with Gasteiger partial charge in [0.2, 0.25) is 0 Å². The van der Waals surface area contributed by atoms with Crippen molar-refractivity contribution in [2.24, 2.45) is 5.92 Å². The predicted octanol–water partition coefficient (Wildman–Crippen LogP) is 2.07. The van der Waals surface area contributed by atoms with E-state index >= 15 is 0 Å². The quantitative estimate of drug-likeness (QED) is 0.848. The molecule has 1 fully saturated rings. The fraction of sp³-hybridized carbons (Fsp3) is 0.692. The van der Waals surface area contributed by atoms with Crippen molar-refractivity contribution in [2.45, 2.75) is 39.3 Å². The van der Waals surface area contributed by atoms with Crippen molar-refractivity contribution in [2.75, 3.05) is 13.2 Å². The van der Waals surface area contributed by atoms with Crippen LogP contribution in [0.15, 0.2) is 12.4 Å². The summed E-state index contributed by atoms with van der Waals surface area (Å²) < 4.78 is 5.55. The minimum Gasteiger partial charge on any atom is -0.370 e. The standard InChI is InChI=1S/C13H21N3O/c1-10(2)6-14-7-11-8-15-13(16-9-11)12-4-3-5-17-12/h8-10,12,14H,3-7H2,1-2H3. The number of hydrogen-bond acceptors (Lipinski definition) is 4. The van der Waals surface area contributed by atoms with Crippen LogP contribution in [-0.4, -0.2) is 23.1 Å². The Morgan fingerprint density at radius 2 is 2.18 bits per heavy atom. The number of aromatic nitrogens is 2. The largest absolute Gasteiger partial charge is 0.370 e. The summed E-state index contributed by atoms with van der Waals surface area (Å²) in [5, 5.41) is 3.38. The Morgan fingerprint density at radius 1 is 1.41 bits per heavy atom. The maximum Gasteiger partial charge on any atom is 0.157 e. The van der Waals surface area contributed by atoms with E-state index in [1.807, 2.05) is 12.4 Å². The van der Waals surface area contributed by atoms with E-state index in [0.29, 0.717) is 5.92 Å². The lowest BCUT2D eigenvalue weighted by atomic mass is 10.2. The predicted molar refractivity (Wildman–Crippen MR) is 66.5 cm³/mol. The van der Waals surface area contributed by atoms with Gasteiger partial charge in [-0.1, -0.05) is 13.8 Å². The van der Waals surface area contributed by atoms with Gasteiger partial charge in [-0.25, -0.2) is 9.97 Å². The SMILES string of the molecule is CC(C)CNCc1cnc(C2CCCO2)nc1. The van der Waals surface area contributed by atoms with E-state index in [9.17, 15) is 0 Å². The summed E-state index contributed by atoms with van der Waals surface area (Å²) in [6.45, 7) is 7.09. The molecule has 0 aliphatic carbocycles. The number of hydrogen-bond donors (Lipinski definition) is 1. The number of ether oxygens (including phenoxy) is 1. The molecule has 0 bridgehead atoms. The lowest BCUT2D eigenvalue weighted by Crippen LogP contribution is -2.19. The third-order valence-electron chi connectivity index (χ3n) is 2.82. The minimum atomic E-state index is 0.118. The topological polar surface area (TPSA) is 47.0 Å². The van der Waals surface area contributed by atoms with Gasteiger partial charge in [0.1, 0.15) is 6.10 Å². The maximum absolute atomic E-state index is 5.55. The van der Waals surface area contributed by atoms with Gasteiger partial charge >= 0.3 is 0 Å². The molecule has 4 nitrogen and oxygen atoms in total. The van der Waals surface area contributed by atoms with Crippen LogP contribution < -0.4 is 5.32 Å². The normalized spacial score (nSPS) is 20.1. The van der Waals surface area contributed by atoms with Crippen LogP contribution in [0.1, 0.15) is 44.2 Å². The van der Waals surface area contributed by atoms with Gasteiger partial charge in [-0.3, -0.25) is 0 Å². The molecule has 1 saturated heterocycles. The third-order valence-corrected chi connectivity index (χ3v) is 2.82. The smallest absolute Gasteiger partial charge is 0.157 e. The Kier molecular flexibility index (Phi) is 4.45. The van der Waals surface area contributed by atoms with E-state index in [-0.39, 0.29) is 6.10 Å². The van der Waals surface area contributed by atoms with Crippen LogP contribution in [0, 0.1) is 5.92 Å². The van der Waals surface area contributed by atoms with Gasteiger partial charge in [0, 0.05) is 31.1 Å². The average molecular weight is 235 g/mol. The summed E-state index contributed by atoms with van der Waals surface area (Å²) in [4.78, 5) is 8.76. The Hall–Kier alpha value is -1.00. The zero-order valence-electron chi connectivity index (χ0n) is 10.6. The molecule has 0 saturated carbocycles. The molecule has 0 spiro atoms. The zero-order chi connectivity index (χ0) is 12.1. The van der Waals surface area contributed by atoms with E-state index in [0.717, 1.165) is 43.9 Å². The van der Waals surface area contributed by atoms with Crippen molar-refractivity contribution in [1.29, 1.82) is 0 Å². The summed E-state index contributed by atoms with van der Waals surface area (Å²) in [6, 6.07) is 0. The average Bonchev–Trinajstić information content (AvgIpc) is 2.83. The first-order valence-corrected chi connectivity index (χ1v) is 6.39. The number of rotatable bonds is 5. The summed E-state index contributed by atoms with van der Waals surface area (Å²) in [7, 11) is 0. The lowest BCUT2D eigenvalue weighted by molar-refractivity contribution is 0.105. The highest BCUT2D eigenvalue weighted by Gasteiger charge is 2.19. The first-order chi connectivity index (χ1) is 8.25. The zero-order valence-corrected chi connectivity index (χ0v) is 10.6. The second-order valence-electron chi connectivity index (χ2n) is 4.98. The summed E-state index contributed by atoms with van der Waals surface area (Å²) >= 11 is 0. The molecule has 1 aliphatic rings. The van der Waals surface area contributed by atoms with Crippen LogP contribution in [0.5, 0.6) is 0 Å². The number of nitrogens with one attached hydrogen (secondary N) is 1. The van der Waals surface area contributed by atoms with Crippen molar-refractivity contribution in [1.82, 2.24) is 15.3 Å². The second-order valence-corrected chi connectivity index (χ2v) is 4.98. The molecule has 1 atom stereocenters. The molecular formula is C13H21N3O. The van der Waals surface area contributed by atoms with Gasteiger partial charge in [-0.2, -0.15) is 0 Å². The molecule has 0 radical (unpaired) electrons. The molecule has 4 heteroatoms. The molecule has 1 aromatic heterocycles. The second kappa shape index (κ2) is 6.07. The Labute approximate surface area is 103 Å². The van der Waals surface area contributed by atoms with E-state index < -0.39 is 0 Å². The van der Waals surface area contributed by atoms with Crippen LogP contribution in [0.25, 0.3) is 0 Å². The highest BCUT2D eigenvalue weighted by molar-refractivity contribution is 5.06. The molecule has 1 unspecified atom stereocenters. The number of nitrogens with zero attached hydrogens (tertiary/aromatic N) is 2. The van der Waals surface area contributed by atoms with Crippen LogP contribution in [0.2, 0.25) is 0 Å². The maximum atomic E-state index is 5.55. The highest BCUT2D eigenvalue weighted by Crippen LogP contribution is 2.25. The van der Waals surface area contributed by atoms with Crippen LogP contribution in [0.3, 0.4) is 0 Å². The minimum absolute atomic E-state index is 0.118. The van der Waals surface area contributed by atoms with E-state index in [1.165, 1.54) is 0 Å². The molecular weight excluding hydrogens is 214 g/mol. The van der Waals surface area contributed by atoms with Crippen molar-refractivity contribution < 1.29 is 4.74 Å². The molecule has 0 aromatic carbocycles. The molecule has 2 rings (SSSR count). The molecule has 0 amide bonds. The van der Waals surface area contributed by atoms with Crippen LogP contribution in [0.4, 0.5) is 0 Å². The molecule has 1 N–H and O–H groups in total. The fourth-order valence-electron chi connectivity index (χ4n) is 1.91. The first-order valence-electron chi connectivity index (χ1n) is 6.39. The van der Waals surface area contributed by atoms with Gasteiger partial charge in [0.15, 0.2) is 5.82 Å². The molecule has 1 aliphatic heterocycles. The van der Waals surface area contributed by atoms with Gasteiger partial charge in [0.25, 0.3) is 0 Å². The Bertz CT molecular complexity index is 331. The van der Waals surface area contributed by atoms with Gasteiger partial charge < -0.3 is 10.1 Å². The van der Waals surface area contributed by atoms with E-state index in [1.54, 1.807) is 0 Å². The summed E-state index contributed by atoms with van der Waals surface area (Å²) in [5.74, 6) is 1.50. The molecule has 2 heterocycles. The third kappa shape index (κ3) is 3.75.